The van der Waals surface area contributed by atoms with Gasteiger partial charge in [-0.3, -0.25) is 9.59 Å². The van der Waals surface area contributed by atoms with E-state index < -0.39 is 6.10 Å². The van der Waals surface area contributed by atoms with Crippen molar-refractivity contribution in [1.29, 1.82) is 0 Å². The lowest BCUT2D eigenvalue weighted by molar-refractivity contribution is -0.135. The van der Waals surface area contributed by atoms with Crippen LogP contribution in [0.1, 0.15) is 171 Å². The Balaban J connectivity index is 1.43. The van der Waals surface area contributed by atoms with E-state index in [4.69, 9.17) is 18.9 Å². The molecule has 324 valence electrons. The van der Waals surface area contributed by atoms with Gasteiger partial charge in [0.05, 0.1) is 0 Å². The Morgan fingerprint density at radius 2 is 0.983 bits per heavy atom. The van der Waals surface area contributed by atoms with Gasteiger partial charge in [-0.1, -0.05) is 189 Å². The number of carbonyl (C=O) groups is 2. The summed E-state index contributed by atoms with van der Waals surface area (Å²) in [6, 6.07) is 30.3. The van der Waals surface area contributed by atoms with E-state index in [1.54, 1.807) is 42.5 Å². The summed E-state index contributed by atoms with van der Waals surface area (Å²) in [5, 5.41) is 11.6. The van der Waals surface area contributed by atoms with Crippen LogP contribution < -0.4 is 18.9 Å². The topological polar surface area (TPSA) is 91.3 Å². The van der Waals surface area contributed by atoms with Gasteiger partial charge in [0.2, 0.25) is 0 Å². The average Bonchev–Trinajstić information content (AvgIpc) is 3.27. The molecule has 0 saturated carbocycles. The first-order chi connectivity index (χ1) is 29.4. The molecule has 1 unspecified atom stereocenters. The van der Waals surface area contributed by atoms with Crippen LogP contribution in [0.2, 0.25) is 0 Å². The second-order valence-corrected chi connectivity index (χ2v) is 15.9. The molecule has 0 heterocycles. The van der Waals surface area contributed by atoms with Crippen LogP contribution in [0, 0.1) is 0 Å². The first-order valence-corrected chi connectivity index (χ1v) is 22.8. The predicted molar refractivity (Wildman–Crippen MR) is 243 cm³/mol. The molecule has 0 aromatic heterocycles. The highest BCUT2D eigenvalue weighted by Crippen LogP contribution is 2.34. The Morgan fingerprint density at radius 1 is 0.517 bits per heavy atom. The van der Waals surface area contributed by atoms with E-state index in [9.17, 15) is 14.7 Å². The minimum atomic E-state index is -1.06. The molecule has 1 N–H and O–H groups in total. The number of ether oxygens (including phenoxy) is 4. The van der Waals surface area contributed by atoms with Crippen LogP contribution in [0.4, 0.5) is 0 Å². The van der Waals surface area contributed by atoms with Crippen LogP contribution in [0.3, 0.4) is 0 Å². The summed E-state index contributed by atoms with van der Waals surface area (Å²) in [6.07, 6.45) is 23.8. The lowest BCUT2D eigenvalue weighted by atomic mass is 10.1. The van der Waals surface area contributed by atoms with E-state index in [-0.39, 0.29) is 17.7 Å². The van der Waals surface area contributed by atoms with Gasteiger partial charge in [0.1, 0.15) is 42.3 Å². The highest BCUT2D eigenvalue weighted by Gasteiger charge is 2.16. The van der Waals surface area contributed by atoms with Crippen molar-refractivity contribution in [2.75, 3.05) is 0 Å². The molecule has 4 rings (SSSR count). The van der Waals surface area contributed by atoms with Gasteiger partial charge in [-0.15, -0.1) is 0 Å². The number of unbranched alkanes of at least 4 members (excludes halogenated alkanes) is 16. The first kappa shape index (κ1) is 47.8. The third kappa shape index (κ3) is 19.5. The van der Waals surface area contributed by atoms with E-state index >= 15 is 0 Å². The van der Waals surface area contributed by atoms with E-state index in [1.807, 2.05) is 66.7 Å². The number of hydrogen-bond acceptors (Lipinski definition) is 7. The van der Waals surface area contributed by atoms with Crippen molar-refractivity contribution in [3.8, 4) is 23.0 Å². The third-order valence-corrected chi connectivity index (χ3v) is 10.7. The highest BCUT2D eigenvalue weighted by atomic mass is 16.5. The Kier molecular flexibility index (Phi) is 23.4. The summed E-state index contributed by atoms with van der Waals surface area (Å²) in [5.74, 6) is 1.06. The standard InChI is InChI=1S/C53H70O7/c1-3-5-7-9-11-13-15-17-25-31-52(55)59-47-35-33-45(50(40-47)60-53(56)32-26-18-16-14-12-10-8-6-4-2)34-38-49(54)48-37-36-46(57-41-43-27-21-19-22-28-43)39-51(48)58-42-44-29-23-20-24-30-44/h19-24,27-30,33-40,49,54H,3-18,25-26,31-32,41-42H2,1-2H3. The molecule has 0 saturated heterocycles. The van der Waals surface area contributed by atoms with Gasteiger partial charge in [-0.25, -0.2) is 0 Å². The molecule has 0 radical (unpaired) electrons. The van der Waals surface area contributed by atoms with Crippen molar-refractivity contribution in [3.05, 3.63) is 125 Å². The van der Waals surface area contributed by atoms with Gasteiger partial charge >= 0.3 is 11.9 Å². The molecule has 0 aliphatic carbocycles. The fourth-order valence-electron chi connectivity index (χ4n) is 7.07. The molecule has 1 atom stereocenters. The lowest BCUT2D eigenvalue weighted by Crippen LogP contribution is -2.10. The third-order valence-electron chi connectivity index (χ3n) is 10.7. The summed E-state index contributed by atoms with van der Waals surface area (Å²) in [6.45, 7) is 5.16. The molecule has 0 spiro atoms. The summed E-state index contributed by atoms with van der Waals surface area (Å²) in [5.41, 5.74) is 3.16. The molecule has 7 nitrogen and oxygen atoms in total. The van der Waals surface area contributed by atoms with E-state index in [1.165, 1.54) is 77.0 Å². The van der Waals surface area contributed by atoms with Gasteiger partial charge in [0, 0.05) is 36.1 Å². The van der Waals surface area contributed by atoms with Gasteiger partial charge < -0.3 is 24.1 Å². The zero-order chi connectivity index (χ0) is 42.5. The van der Waals surface area contributed by atoms with Crippen LogP contribution in [0.15, 0.2) is 103 Å². The second-order valence-electron chi connectivity index (χ2n) is 15.9. The van der Waals surface area contributed by atoms with Crippen LogP contribution in [0.25, 0.3) is 6.08 Å². The van der Waals surface area contributed by atoms with Crippen molar-refractivity contribution in [3.63, 3.8) is 0 Å². The lowest BCUT2D eigenvalue weighted by Gasteiger charge is -2.17. The molecule has 0 fully saturated rings. The number of esters is 2. The highest BCUT2D eigenvalue weighted by molar-refractivity contribution is 5.76. The van der Waals surface area contributed by atoms with Gasteiger partial charge in [-0.05, 0) is 48.2 Å². The monoisotopic (exact) mass is 819 g/mol. The molecule has 4 aromatic carbocycles. The Hall–Kier alpha value is -4.88. The van der Waals surface area contributed by atoms with E-state index in [2.05, 4.69) is 13.8 Å². The molecule has 0 aliphatic rings. The first-order valence-electron chi connectivity index (χ1n) is 22.8. The molecule has 0 amide bonds. The summed E-state index contributed by atoms with van der Waals surface area (Å²) in [7, 11) is 0. The van der Waals surface area contributed by atoms with Gasteiger partial charge in [0.25, 0.3) is 0 Å². The van der Waals surface area contributed by atoms with Crippen molar-refractivity contribution in [2.24, 2.45) is 0 Å². The number of aliphatic hydroxyl groups excluding tert-OH is 1. The van der Waals surface area contributed by atoms with Crippen LogP contribution in [0.5, 0.6) is 23.0 Å². The molecule has 0 aliphatic heterocycles. The number of aliphatic hydroxyl groups is 1. The van der Waals surface area contributed by atoms with Crippen LogP contribution in [-0.2, 0) is 22.8 Å². The SMILES string of the molecule is CCCCCCCCCCCC(=O)Oc1ccc(C=CC(O)c2ccc(OCc3ccccc3)cc2OCc2ccccc2)c(OC(=O)CCCCCCCCCCC)c1. The molecular weight excluding hydrogens is 749 g/mol. The minimum absolute atomic E-state index is 0.276. The maximum Gasteiger partial charge on any atom is 0.311 e. The second kappa shape index (κ2) is 29.4. The maximum atomic E-state index is 13.1. The quantitative estimate of drug-likeness (QED) is 0.0307. The molecule has 4 aromatic rings. The Bertz CT molecular complexity index is 1800. The normalized spacial score (nSPS) is 11.7. The number of benzene rings is 4. The zero-order valence-electron chi connectivity index (χ0n) is 36.4. The van der Waals surface area contributed by atoms with Crippen LogP contribution in [-0.4, -0.2) is 17.0 Å². The number of carbonyl (C=O) groups excluding carboxylic acids is 2. The Morgan fingerprint density at radius 3 is 1.53 bits per heavy atom. The summed E-state index contributed by atoms with van der Waals surface area (Å²) >= 11 is 0. The summed E-state index contributed by atoms with van der Waals surface area (Å²) in [4.78, 5) is 26.0. The maximum absolute atomic E-state index is 13.1. The van der Waals surface area contributed by atoms with Gasteiger partial charge in [0.15, 0.2) is 0 Å². The molecule has 7 heteroatoms. The molecule has 0 bridgehead atoms. The smallest absolute Gasteiger partial charge is 0.311 e. The van der Waals surface area contributed by atoms with Crippen LogP contribution >= 0.6 is 0 Å². The number of rotatable bonds is 31. The van der Waals surface area contributed by atoms with Gasteiger partial charge in [-0.2, -0.15) is 0 Å². The fraction of sp³-hybridized carbons (Fsp3) is 0.472. The zero-order valence-corrected chi connectivity index (χ0v) is 36.4. The van der Waals surface area contributed by atoms with Crippen molar-refractivity contribution >= 4 is 18.0 Å². The van der Waals surface area contributed by atoms with E-state index in [0.717, 1.165) is 49.7 Å². The predicted octanol–water partition coefficient (Wildman–Crippen LogP) is 14.2. The fourth-order valence-corrected chi connectivity index (χ4v) is 7.07. The van der Waals surface area contributed by atoms with E-state index in [0.29, 0.717) is 54.4 Å². The van der Waals surface area contributed by atoms with Crippen molar-refractivity contribution in [1.82, 2.24) is 0 Å². The van der Waals surface area contributed by atoms with Crippen molar-refractivity contribution in [2.45, 2.75) is 162 Å². The molecule has 60 heavy (non-hydrogen) atoms. The average molecular weight is 819 g/mol. The largest absolute Gasteiger partial charge is 0.489 e. The summed E-state index contributed by atoms with van der Waals surface area (Å²) < 4.78 is 24.0. The molecular formula is C53H70O7. The Labute approximate surface area is 360 Å². The number of hydrogen-bond donors (Lipinski definition) is 1. The minimum Gasteiger partial charge on any atom is -0.489 e. The van der Waals surface area contributed by atoms with Crippen molar-refractivity contribution < 1.29 is 33.6 Å².